The minimum Gasteiger partial charge on any atom is -0.459 e. The quantitative estimate of drug-likeness (QED) is 0.435. The predicted octanol–water partition coefficient (Wildman–Crippen LogP) is 5.32. The van der Waals surface area contributed by atoms with E-state index in [0.29, 0.717) is 35.0 Å². The van der Waals surface area contributed by atoms with Gasteiger partial charge in [0.1, 0.15) is 22.0 Å². The number of aryl methyl sites for hydroxylation is 1. The Balaban J connectivity index is 2.05. The maximum absolute atomic E-state index is 13.4. The molecule has 0 saturated heterocycles. The number of nitrogens with zero attached hydrogens (tertiary/aromatic N) is 2. The summed E-state index contributed by atoms with van der Waals surface area (Å²) in [5.74, 6) is -0.935. The van der Waals surface area contributed by atoms with Gasteiger partial charge in [0.15, 0.2) is 0 Å². The van der Waals surface area contributed by atoms with Gasteiger partial charge in [0, 0.05) is 18.7 Å². The average Bonchev–Trinajstić information content (AvgIpc) is 3.34. The van der Waals surface area contributed by atoms with Gasteiger partial charge in [0.05, 0.1) is 16.5 Å². The molecular weight excluding hydrogens is 454 g/mol. The molecule has 0 spiro atoms. The van der Waals surface area contributed by atoms with Crippen LogP contribution in [0.2, 0.25) is 0 Å². The molecule has 34 heavy (non-hydrogen) atoms. The number of aromatic nitrogens is 1. The van der Waals surface area contributed by atoms with E-state index in [0.717, 1.165) is 16.9 Å². The Bertz CT molecular complexity index is 1190. The molecule has 0 atom stereocenters. The lowest BCUT2D eigenvalue weighted by Gasteiger charge is -2.18. The Morgan fingerprint density at radius 3 is 2.32 bits per heavy atom. The van der Waals surface area contributed by atoms with E-state index in [4.69, 9.17) is 9.26 Å². The second-order valence-electron chi connectivity index (χ2n) is 7.97. The molecule has 0 bridgehead atoms. The zero-order chi connectivity index (χ0) is 25.0. The highest BCUT2D eigenvalue weighted by atomic mass is 32.1. The molecule has 0 aliphatic rings. The highest BCUT2D eigenvalue weighted by Gasteiger charge is 2.30. The van der Waals surface area contributed by atoms with Gasteiger partial charge < -0.3 is 19.5 Å². The van der Waals surface area contributed by atoms with Crippen molar-refractivity contribution in [1.82, 2.24) is 10.1 Å². The number of hydrogen-bond donors (Lipinski definition) is 1. The van der Waals surface area contributed by atoms with E-state index in [9.17, 15) is 14.4 Å². The van der Waals surface area contributed by atoms with Crippen LogP contribution in [0.25, 0.3) is 11.3 Å². The smallest absolute Gasteiger partial charge is 0.341 e. The number of carbonyl (C=O) groups is 3. The molecule has 180 valence electrons. The van der Waals surface area contributed by atoms with E-state index in [1.54, 1.807) is 32.6 Å². The summed E-state index contributed by atoms with van der Waals surface area (Å²) >= 11 is 1.07. The zero-order valence-electron chi connectivity index (χ0n) is 20.2. The first-order valence-corrected chi connectivity index (χ1v) is 12.0. The summed E-state index contributed by atoms with van der Waals surface area (Å²) in [6.07, 6.45) is -0.359. The van der Waals surface area contributed by atoms with Gasteiger partial charge in [0.25, 0.3) is 11.8 Å². The summed E-state index contributed by atoms with van der Waals surface area (Å²) < 4.78 is 10.7. The number of carbonyl (C=O) groups excluding carboxylic acids is 3. The second-order valence-corrected chi connectivity index (χ2v) is 8.99. The van der Waals surface area contributed by atoms with Crippen molar-refractivity contribution in [2.45, 2.75) is 47.6 Å². The Hall–Kier alpha value is -3.46. The number of rotatable bonds is 8. The molecule has 2 aromatic heterocycles. The topological polar surface area (TPSA) is 102 Å². The summed E-state index contributed by atoms with van der Waals surface area (Å²) in [5, 5.41) is 7.13. The molecule has 9 heteroatoms. The van der Waals surface area contributed by atoms with Crippen LogP contribution in [0.5, 0.6) is 0 Å². The standard InChI is InChI=1S/C25H29N3O5S/c1-7-28(8-2)24(30)21-15(5)18(25(31)32-14(3)4)23(34-21)26-22(29)19-16(6)33-27-20(19)17-12-10-9-11-13-17/h9-14H,7-8H2,1-6H3,(H,26,29). The molecule has 0 unspecified atom stereocenters. The fraction of sp³-hybridized carbons (Fsp3) is 0.360. The first-order valence-electron chi connectivity index (χ1n) is 11.2. The molecule has 0 aliphatic heterocycles. The van der Waals surface area contributed by atoms with Crippen molar-refractivity contribution in [1.29, 1.82) is 0 Å². The number of benzene rings is 1. The molecule has 8 nitrogen and oxygen atoms in total. The molecule has 2 heterocycles. The third-order valence-corrected chi connectivity index (χ3v) is 6.50. The summed E-state index contributed by atoms with van der Waals surface area (Å²) in [5.41, 5.74) is 2.04. The van der Waals surface area contributed by atoms with E-state index in [2.05, 4.69) is 10.5 Å². The number of anilines is 1. The van der Waals surface area contributed by atoms with Crippen LogP contribution < -0.4 is 5.32 Å². The number of hydrogen-bond acceptors (Lipinski definition) is 7. The first-order chi connectivity index (χ1) is 16.2. The number of amides is 2. The fourth-order valence-electron chi connectivity index (χ4n) is 3.58. The predicted molar refractivity (Wildman–Crippen MR) is 131 cm³/mol. The summed E-state index contributed by atoms with van der Waals surface area (Å²) in [7, 11) is 0. The van der Waals surface area contributed by atoms with Gasteiger partial charge in [-0.2, -0.15) is 0 Å². The molecule has 3 aromatic rings. The first kappa shape index (κ1) is 25.2. The van der Waals surface area contributed by atoms with Crippen LogP contribution in [0.1, 0.15) is 69.4 Å². The van der Waals surface area contributed by atoms with Crippen molar-refractivity contribution in [2.75, 3.05) is 18.4 Å². The third kappa shape index (κ3) is 5.04. The van der Waals surface area contributed by atoms with E-state index >= 15 is 0 Å². The largest absolute Gasteiger partial charge is 0.459 e. The number of esters is 1. The van der Waals surface area contributed by atoms with E-state index < -0.39 is 11.9 Å². The van der Waals surface area contributed by atoms with Crippen molar-refractivity contribution in [3.8, 4) is 11.3 Å². The van der Waals surface area contributed by atoms with Crippen LogP contribution in [0, 0.1) is 13.8 Å². The van der Waals surface area contributed by atoms with Gasteiger partial charge in [-0.25, -0.2) is 4.79 Å². The minimum atomic E-state index is -0.594. The molecule has 0 aliphatic carbocycles. The van der Waals surface area contributed by atoms with E-state index in [1.807, 2.05) is 44.2 Å². The molecule has 0 fully saturated rings. The lowest BCUT2D eigenvalue weighted by atomic mass is 10.1. The van der Waals surface area contributed by atoms with Crippen LogP contribution >= 0.6 is 11.3 Å². The monoisotopic (exact) mass is 483 g/mol. The number of nitrogens with one attached hydrogen (secondary N) is 1. The highest BCUT2D eigenvalue weighted by Crippen LogP contribution is 2.36. The molecule has 3 rings (SSSR count). The summed E-state index contributed by atoms with van der Waals surface area (Å²) in [6.45, 7) is 11.7. The van der Waals surface area contributed by atoms with Crippen LogP contribution in [0.3, 0.4) is 0 Å². The average molecular weight is 484 g/mol. The molecular formula is C25H29N3O5S. The van der Waals surface area contributed by atoms with Crippen molar-refractivity contribution in [3.63, 3.8) is 0 Å². The third-order valence-electron chi connectivity index (χ3n) is 5.30. The van der Waals surface area contributed by atoms with Crippen molar-refractivity contribution in [2.24, 2.45) is 0 Å². The van der Waals surface area contributed by atoms with Gasteiger partial charge in [-0.05, 0) is 47.1 Å². The van der Waals surface area contributed by atoms with Crippen molar-refractivity contribution >= 4 is 34.1 Å². The van der Waals surface area contributed by atoms with Crippen LogP contribution in [0.4, 0.5) is 5.00 Å². The number of thiophene rings is 1. The molecule has 0 radical (unpaired) electrons. The lowest BCUT2D eigenvalue weighted by Crippen LogP contribution is -2.30. The summed E-state index contributed by atoms with van der Waals surface area (Å²) in [6, 6.07) is 9.21. The molecule has 1 N–H and O–H groups in total. The summed E-state index contributed by atoms with van der Waals surface area (Å²) in [4.78, 5) is 41.5. The van der Waals surface area contributed by atoms with E-state index in [1.165, 1.54) is 0 Å². The zero-order valence-corrected chi connectivity index (χ0v) is 21.0. The van der Waals surface area contributed by atoms with Crippen molar-refractivity contribution in [3.05, 3.63) is 57.7 Å². The maximum Gasteiger partial charge on any atom is 0.341 e. The Morgan fingerprint density at radius 1 is 1.09 bits per heavy atom. The van der Waals surface area contributed by atoms with E-state index in [-0.39, 0.29) is 28.1 Å². The Morgan fingerprint density at radius 2 is 1.74 bits per heavy atom. The van der Waals surface area contributed by atoms with Crippen LogP contribution in [-0.4, -0.2) is 47.0 Å². The van der Waals surface area contributed by atoms with Crippen LogP contribution in [0.15, 0.2) is 34.9 Å². The molecule has 0 saturated carbocycles. The SMILES string of the molecule is CCN(CC)C(=O)c1sc(NC(=O)c2c(-c3ccccc3)noc2C)c(C(=O)OC(C)C)c1C. The normalized spacial score (nSPS) is 10.9. The fourth-order valence-corrected chi connectivity index (χ4v) is 4.73. The Kier molecular flexibility index (Phi) is 7.88. The van der Waals surface area contributed by atoms with Crippen molar-refractivity contribution < 1.29 is 23.6 Å². The maximum atomic E-state index is 13.4. The molecule has 2 amide bonds. The minimum absolute atomic E-state index is 0.179. The molecule has 1 aromatic carbocycles. The van der Waals surface area contributed by atoms with Gasteiger partial charge in [-0.15, -0.1) is 11.3 Å². The van der Waals surface area contributed by atoms with Gasteiger partial charge in [-0.3, -0.25) is 9.59 Å². The van der Waals surface area contributed by atoms with Gasteiger partial charge in [0.2, 0.25) is 0 Å². The second kappa shape index (κ2) is 10.6. The number of ether oxygens (including phenoxy) is 1. The van der Waals surface area contributed by atoms with Crippen LogP contribution in [-0.2, 0) is 4.74 Å². The van der Waals surface area contributed by atoms with Gasteiger partial charge in [-0.1, -0.05) is 35.5 Å². The highest BCUT2D eigenvalue weighted by molar-refractivity contribution is 7.18. The Labute approximate surface area is 202 Å². The van der Waals surface area contributed by atoms with Gasteiger partial charge >= 0.3 is 5.97 Å². The lowest BCUT2D eigenvalue weighted by molar-refractivity contribution is 0.0379.